The van der Waals surface area contributed by atoms with Crippen LogP contribution in [-0.4, -0.2) is 13.9 Å². The van der Waals surface area contributed by atoms with E-state index in [1.165, 1.54) is 0 Å². The third-order valence-electron chi connectivity index (χ3n) is 1.92. The molecule has 1 aromatic carbocycles. The highest BCUT2D eigenvalue weighted by Gasteiger charge is 2.18. The summed E-state index contributed by atoms with van der Waals surface area (Å²) in [6, 6.07) is 3.86. The molecule has 0 amide bonds. The van der Waals surface area contributed by atoms with E-state index in [-0.39, 0.29) is 6.79 Å². The van der Waals surface area contributed by atoms with Gasteiger partial charge in [0.1, 0.15) is 0 Å². The van der Waals surface area contributed by atoms with E-state index < -0.39 is 0 Å². The molecule has 0 spiro atoms. The predicted octanol–water partition coefficient (Wildman–Crippen LogP) is 1.83. The van der Waals surface area contributed by atoms with Crippen molar-refractivity contribution in [2.75, 3.05) is 13.9 Å². The topological polar surface area (TPSA) is 39.7 Å². The zero-order valence-electron chi connectivity index (χ0n) is 7.67. The molecule has 4 nitrogen and oxygen atoms in total. The van der Waals surface area contributed by atoms with Crippen molar-refractivity contribution in [3.8, 4) is 11.5 Å². The standard InChI is InChI=1S/C9H10BrNO3/c1-12-11-4-6-2-7(10)3-8-9(6)14-5-13-8/h2-3,11H,4-5H2,1H3. The maximum absolute atomic E-state index is 5.34. The summed E-state index contributed by atoms with van der Waals surface area (Å²) in [5.41, 5.74) is 3.77. The van der Waals surface area contributed by atoms with E-state index in [9.17, 15) is 0 Å². The van der Waals surface area contributed by atoms with Crippen LogP contribution in [0.4, 0.5) is 0 Å². The molecule has 14 heavy (non-hydrogen) atoms. The second-order valence-corrected chi connectivity index (χ2v) is 3.74. The summed E-state index contributed by atoms with van der Waals surface area (Å²) in [6.07, 6.45) is 0. The van der Waals surface area contributed by atoms with Gasteiger partial charge in [0, 0.05) is 16.6 Å². The smallest absolute Gasteiger partial charge is 0.231 e. The van der Waals surface area contributed by atoms with Gasteiger partial charge in [-0.25, -0.2) is 0 Å². The van der Waals surface area contributed by atoms with E-state index in [1.807, 2.05) is 12.1 Å². The fourth-order valence-electron chi connectivity index (χ4n) is 1.33. The fraction of sp³-hybridized carbons (Fsp3) is 0.333. The van der Waals surface area contributed by atoms with Gasteiger partial charge in [-0.3, -0.25) is 0 Å². The SMILES string of the molecule is CONCc1cc(Br)cc2c1OCO2. The summed E-state index contributed by atoms with van der Waals surface area (Å²) in [5, 5.41) is 0. The largest absolute Gasteiger partial charge is 0.454 e. The predicted molar refractivity (Wildman–Crippen MR) is 54.1 cm³/mol. The Balaban J connectivity index is 2.29. The van der Waals surface area contributed by atoms with E-state index in [4.69, 9.17) is 14.3 Å². The van der Waals surface area contributed by atoms with Gasteiger partial charge in [-0.1, -0.05) is 15.9 Å². The summed E-state index contributed by atoms with van der Waals surface area (Å²) >= 11 is 3.40. The number of fused-ring (bicyclic) bond motifs is 1. The first kappa shape index (κ1) is 9.76. The average Bonchev–Trinajstić information content (AvgIpc) is 2.61. The van der Waals surface area contributed by atoms with E-state index >= 15 is 0 Å². The highest BCUT2D eigenvalue weighted by molar-refractivity contribution is 9.10. The van der Waals surface area contributed by atoms with Crippen LogP contribution in [0, 0.1) is 0 Å². The number of rotatable bonds is 3. The lowest BCUT2D eigenvalue weighted by molar-refractivity contribution is 0.0858. The monoisotopic (exact) mass is 259 g/mol. The third kappa shape index (κ3) is 1.84. The molecule has 0 saturated carbocycles. The number of halogens is 1. The molecule has 0 atom stereocenters. The van der Waals surface area contributed by atoms with Gasteiger partial charge in [0.2, 0.25) is 6.79 Å². The number of nitrogens with one attached hydrogen (secondary N) is 1. The van der Waals surface area contributed by atoms with Crippen LogP contribution in [0.25, 0.3) is 0 Å². The molecule has 0 saturated heterocycles. The van der Waals surface area contributed by atoms with Gasteiger partial charge in [-0.2, -0.15) is 5.48 Å². The van der Waals surface area contributed by atoms with Gasteiger partial charge in [0.05, 0.1) is 7.11 Å². The van der Waals surface area contributed by atoms with Crippen molar-refractivity contribution in [2.24, 2.45) is 0 Å². The second-order valence-electron chi connectivity index (χ2n) is 2.82. The normalized spacial score (nSPS) is 13.3. The van der Waals surface area contributed by atoms with E-state index in [0.717, 1.165) is 21.5 Å². The molecular formula is C9H10BrNO3. The Morgan fingerprint density at radius 3 is 3.14 bits per heavy atom. The van der Waals surface area contributed by atoms with Gasteiger partial charge in [0.15, 0.2) is 11.5 Å². The van der Waals surface area contributed by atoms with Gasteiger partial charge >= 0.3 is 0 Å². The molecule has 0 radical (unpaired) electrons. The Morgan fingerprint density at radius 1 is 1.50 bits per heavy atom. The van der Waals surface area contributed by atoms with Gasteiger partial charge in [0.25, 0.3) is 0 Å². The third-order valence-corrected chi connectivity index (χ3v) is 2.38. The van der Waals surface area contributed by atoms with Crippen molar-refractivity contribution in [1.82, 2.24) is 5.48 Å². The molecular weight excluding hydrogens is 250 g/mol. The Morgan fingerprint density at radius 2 is 2.36 bits per heavy atom. The summed E-state index contributed by atoms with van der Waals surface area (Å²) in [5.74, 6) is 1.56. The van der Waals surface area contributed by atoms with Crippen molar-refractivity contribution >= 4 is 15.9 Å². The Labute approximate surface area is 90.2 Å². The number of hydrogen-bond acceptors (Lipinski definition) is 4. The molecule has 1 aromatic rings. The van der Waals surface area contributed by atoms with Crippen molar-refractivity contribution in [2.45, 2.75) is 6.54 Å². The van der Waals surface area contributed by atoms with Crippen LogP contribution in [0.1, 0.15) is 5.56 Å². The molecule has 1 heterocycles. The Kier molecular flexibility index (Phi) is 2.90. The van der Waals surface area contributed by atoms with E-state index in [0.29, 0.717) is 6.54 Å². The highest BCUT2D eigenvalue weighted by atomic mass is 79.9. The molecule has 0 fully saturated rings. The summed E-state index contributed by atoms with van der Waals surface area (Å²) in [7, 11) is 1.58. The lowest BCUT2D eigenvalue weighted by atomic mass is 10.2. The molecule has 1 N–H and O–H groups in total. The first-order valence-corrected chi connectivity index (χ1v) is 4.94. The summed E-state index contributed by atoms with van der Waals surface area (Å²) in [6.45, 7) is 0.868. The molecule has 1 aliphatic rings. The lowest BCUT2D eigenvalue weighted by Gasteiger charge is -2.06. The summed E-state index contributed by atoms with van der Waals surface area (Å²) in [4.78, 5) is 4.78. The average molecular weight is 260 g/mol. The molecule has 5 heteroatoms. The Bertz CT molecular complexity index is 343. The van der Waals surface area contributed by atoms with Crippen LogP contribution in [0.5, 0.6) is 11.5 Å². The number of hydroxylamine groups is 1. The number of benzene rings is 1. The molecule has 0 aliphatic carbocycles. The van der Waals surface area contributed by atoms with Crippen molar-refractivity contribution < 1.29 is 14.3 Å². The number of ether oxygens (including phenoxy) is 2. The lowest BCUT2D eigenvalue weighted by Crippen LogP contribution is -2.11. The van der Waals surface area contributed by atoms with Crippen LogP contribution in [0.3, 0.4) is 0 Å². The Hall–Kier alpha value is -0.780. The zero-order valence-corrected chi connectivity index (χ0v) is 9.26. The summed E-state index contributed by atoms with van der Waals surface area (Å²) < 4.78 is 11.6. The maximum atomic E-state index is 5.34. The van der Waals surface area contributed by atoms with Crippen molar-refractivity contribution in [3.63, 3.8) is 0 Å². The molecule has 1 aliphatic heterocycles. The van der Waals surface area contributed by atoms with Crippen LogP contribution < -0.4 is 15.0 Å². The zero-order chi connectivity index (χ0) is 9.97. The minimum absolute atomic E-state index is 0.284. The van der Waals surface area contributed by atoms with Crippen molar-refractivity contribution in [1.29, 1.82) is 0 Å². The first-order chi connectivity index (χ1) is 6.81. The van der Waals surface area contributed by atoms with Crippen LogP contribution in [0.15, 0.2) is 16.6 Å². The van der Waals surface area contributed by atoms with Gasteiger partial charge in [-0.05, 0) is 12.1 Å². The maximum Gasteiger partial charge on any atom is 0.231 e. The minimum Gasteiger partial charge on any atom is -0.454 e. The van der Waals surface area contributed by atoms with Crippen molar-refractivity contribution in [3.05, 3.63) is 22.2 Å². The highest BCUT2D eigenvalue weighted by Crippen LogP contribution is 2.38. The molecule has 0 bridgehead atoms. The molecule has 76 valence electrons. The first-order valence-electron chi connectivity index (χ1n) is 4.15. The fourth-order valence-corrected chi connectivity index (χ4v) is 1.81. The van der Waals surface area contributed by atoms with Crippen LogP contribution in [0.2, 0.25) is 0 Å². The van der Waals surface area contributed by atoms with E-state index in [1.54, 1.807) is 7.11 Å². The van der Waals surface area contributed by atoms with Gasteiger partial charge in [-0.15, -0.1) is 0 Å². The van der Waals surface area contributed by atoms with Crippen LogP contribution >= 0.6 is 15.9 Å². The molecule has 0 aromatic heterocycles. The van der Waals surface area contributed by atoms with Gasteiger partial charge < -0.3 is 14.3 Å². The molecule has 0 unspecified atom stereocenters. The van der Waals surface area contributed by atoms with E-state index in [2.05, 4.69) is 21.4 Å². The second kappa shape index (κ2) is 4.16. The number of hydrogen-bond donors (Lipinski definition) is 1. The minimum atomic E-state index is 0.284. The van der Waals surface area contributed by atoms with Crippen LogP contribution in [-0.2, 0) is 11.4 Å². The quantitative estimate of drug-likeness (QED) is 0.841. The molecule has 2 rings (SSSR count).